The average Bonchev–Trinajstić information content (AvgIpc) is 2.70. The van der Waals surface area contributed by atoms with E-state index in [1.165, 1.54) is 25.7 Å². The summed E-state index contributed by atoms with van der Waals surface area (Å²) in [6.45, 7) is 6.74. The maximum absolute atomic E-state index is 6.22. The van der Waals surface area contributed by atoms with Gasteiger partial charge in [-0.2, -0.15) is 0 Å². The third kappa shape index (κ3) is 2.49. The minimum absolute atomic E-state index is 0.501. The van der Waals surface area contributed by atoms with Gasteiger partial charge in [-0.25, -0.2) is 0 Å². The maximum Gasteiger partial charge on any atom is 0.225 e. The van der Waals surface area contributed by atoms with Crippen LogP contribution >= 0.6 is 11.6 Å². The molecular formula is C13H22ClN3. The van der Waals surface area contributed by atoms with Crippen LogP contribution in [-0.4, -0.2) is 14.8 Å². The molecule has 1 saturated carbocycles. The number of aryl methyl sites for hydroxylation is 1. The number of aromatic nitrogens is 3. The Labute approximate surface area is 109 Å². The highest BCUT2D eigenvalue weighted by molar-refractivity contribution is 6.28. The molecule has 1 aromatic heterocycles. The van der Waals surface area contributed by atoms with Gasteiger partial charge in [0.25, 0.3) is 0 Å². The van der Waals surface area contributed by atoms with Crippen LogP contribution in [0.4, 0.5) is 0 Å². The van der Waals surface area contributed by atoms with Gasteiger partial charge in [-0.05, 0) is 36.3 Å². The van der Waals surface area contributed by atoms with Crippen LogP contribution in [0.3, 0.4) is 0 Å². The van der Waals surface area contributed by atoms with Crippen molar-refractivity contribution in [3.8, 4) is 0 Å². The minimum atomic E-state index is 0.501. The van der Waals surface area contributed by atoms with Gasteiger partial charge in [-0.1, -0.05) is 33.6 Å². The molecule has 3 nitrogen and oxygen atoms in total. The quantitative estimate of drug-likeness (QED) is 0.821. The predicted molar refractivity (Wildman–Crippen MR) is 70.2 cm³/mol. The smallest absolute Gasteiger partial charge is 0.225 e. The van der Waals surface area contributed by atoms with E-state index < -0.39 is 0 Å². The van der Waals surface area contributed by atoms with E-state index in [-0.39, 0.29) is 0 Å². The monoisotopic (exact) mass is 255 g/mol. The van der Waals surface area contributed by atoms with Crippen molar-refractivity contribution in [3.05, 3.63) is 11.1 Å². The fraction of sp³-hybridized carbons (Fsp3) is 0.846. The topological polar surface area (TPSA) is 30.7 Å². The summed E-state index contributed by atoms with van der Waals surface area (Å²) in [5.74, 6) is 2.44. The van der Waals surface area contributed by atoms with Crippen molar-refractivity contribution in [2.45, 2.75) is 58.9 Å². The van der Waals surface area contributed by atoms with Crippen LogP contribution in [0, 0.1) is 11.8 Å². The molecule has 0 spiro atoms. The van der Waals surface area contributed by atoms with E-state index in [4.69, 9.17) is 11.6 Å². The zero-order chi connectivity index (χ0) is 12.4. The third-order valence-electron chi connectivity index (χ3n) is 4.01. The summed E-state index contributed by atoms with van der Waals surface area (Å²) in [5, 5.41) is 8.79. The first-order valence-corrected chi connectivity index (χ1v) is 7.12. The van der Waals surface area contributed by atoms with Crippen molar-refractivity contribution in [3.63, 3.8) is 0 Å². The number of halogens is 1. The Morgan fingerprint density at radius 2 is 2.00 bits per heavy atom. The molecule has 0 aromatic carbocycles. The van der Waals surface area contributed by atoms with Crippen LogP contribution in [0.1, 0.15) is 58.3 Å². The summed E-state index contributed by atoms with van der Waals surface area (Å²) in [4.78, 5) is 0. The second kappa shape index (κ2) is 5.38. The van der Waals surface area contributed by atoms with Crippen molar-refractivity contribution >= 4 is 11.6 Å². The van der Waals surface area contributed by atoms with E-state index in [9.17, 15) is 0 Å². The molecule has 1 aliphatic rings. The second-order valence-electron chi connectivity index (χ2n) is 5.37. The van der Waals surface area contributed by atoms with E-state index in [1.54, 1.807) is 0 Å². The van der Waals surface area contributed by atoms with Gasteiger partial charge in [0.1, 0.15) is 5.82 Å². The van der Waals surface area contributed by atoms with Gasteiger partial charge >= 0.3 is 0 Å². The Hall–Kier alpha value is -0.570. The van der Waals surface area contributed by atoms with Crippen molar-refractivity contribution in [2.75, 3.05) is 0 Å². The summed E-state index contributed by atoms with van der Waals surface area (Å²) in [6, 6.07) is 0.501. The highest BCUT2D eigenvalue weighted by Gasteiger charge is 2.31. The lowest BCUT2D eigenvalue weighted by Crippen LogP contribution is -2.28. The van der Waals surface area contributed by atoms with E-state index in [0.717, 1.165) is 12.2 Å². The van der Waals surface area contributed by atoms with Crippen LogP contribution in [0.15, 0.2) is 0 Å². The number of rotatable bonds is 3. The summed E-state index contributed by atoms with van der Waals surface area (Å²) < 4.78 is 2.19. The molecule has 1 heterocycles. The molecule has 0 N–H and O–H groups in total. The van der Waals surface area contributed by atoms with Gasteiger partial charge < -0.3 is 0 Å². The molecule has 1 fully saturated rings. The lowest BCUT2D eigenvalue weighted by atomic mass is 9.77. The second-order valence-corrected chi connectivity index (χ2v) is 5.71. The first-order chi connectivity index (χ1) is 8.15. The van der Waals surface area contributed by atoms with E-state index in [1.807, 2.05) is 0 Å². The molecular weight excluding hydrogens is 234 g/mol. The van der Waals surface area contributed by atoms with Gasteiger partial charge in [0.15, 0.2) is 0 Å². The molecule has 0 aliphatic heterocycles. The molecule has 1 aliphatic carbocycles. The highest BCUT2D eigenvalue weighted by Crippen LogP contribution is 2.40. The molecule has 4 heteroatoms. The van der Waals surface area contributed by atoms with E-state index in [0.29, 0.717) is 23.2 Å². The van der Waals surface area contributed by atoms with Crippen LogP contribution < -0.4 is 0 Å². The van der Waals surface area contributed by atoms with Gasteiger partial charge in [-0.3, -0.25) is 4.57 Å². The minimum Gasteiger partial charge on any atom is -0.298 e. The molecule has 2 unspecified atom stereocenters. The standard InChI is InChI=1S/C13H22ClN3/c1-4-12-15-16-13(14)17(12)11-8-6-5-7-10(11)9(2)3/h9-11H,4-8H2,1-3H3. The lowest BCUT2D eigenvalue weighted by molar-refractivity contribution is 0.181. The predicted octanol–water partition coefficient (Wildman–Crippen LogP) is 3.88. The highest BCUT2D eigenvalue weighted by atomic mass is 35.5. The Morgan fingerprint density at radius 1 is 1.29 bits per heavy atom. The number of hydrogen-bond donors (Lipinski definition) is 0. The molecule has 96 valence electrons. The molecule has 0 amide bonds. The normalized spacial score (nSPS) is 25.5. The Kier molecular flexibility index (Phi) is 4.08. The average molecular weight is 256 g/mol. The fourth-order valence-electron chi connectivity index (χ4n) is 3.11. The zero-order valence-electron chi connectivity index (χ0n) is 11.0. The van der Waals surface area contributed by atoms with Crippen molar-refractivity contribution in [2.24, 2.45) is 11.8 Å². The molecule has 1 aromatic rings. The molecule has 2 atom stereocenters. The number of hydrogen-bond acceptors (Lipinski definition) is 2. The Bertz CT molecular complexity index is 373. The summed E-state index contributed by atoms with van der Waals surface area (Å²) in [7, 11) is 0. The first kappa shape index (κ1) is 12.9. The lowest BCUT2D eigenvalue weighted by Gasteiger charge is -2.35. The first-order valence-electron chi connectivity index (χ1n) is 6.74. The van der Waals surface area contributed by atoms with E-state index >= 15 is 0 Å². The van der Waals surface area contributed by atoms with Gasteiger partial charge in [0.2, 0.25) is 5.28 Å². The van der Waals surface area contributed by atoms with Gasteiger partial charge in [-0.15, -0.1) is 10.2 Å². The van der Waals surface area contributed by atoms with Gasteiger partial charge in [0.05, 0.1) is 0 Å². The summed E-state index contributed by atoms with van der Waals surface area (Å²) in [6.07, 6.45) is 6.07. The van der Waals surface area contributed by atoms with Crippen molar-refractivity contribution in [1.29, 1.82) is 0 Å². The zero-order valence-corrected chi connectivity index (χ0v) is 11.7. The van der Waals surface area contributed by atoms with Crippen LogP contribution in [0.25, 0.3) is 0 Å². The molecule has 2 rings (SSSR count). The van der Waals surface area contributed by atoms with Crippen molar-refractivity contribution in [1.82, 2.24) is 14.8 Å². The third-order valence-corrected chi connectivity index (χ3v) is 4.27. The Balaban J connectivity index is 2.32. The van der Waals surface area contributed by atoms with Crippen molar-refractivity contribution < 1.29 is 0 Å². The van der Waals surface area contributed by atoms with Crippen LogP contribution in [-0.2, 0) is 6.42 Å². The summed E-state index contributed by atoms with van der Waals surface area (Å²) >= 11 is 6.22. The van der Waals surface area contributed by atoms with Gasteiger partial charge in [0, 0.05) is 12.5 Å². The van der Waals surface area contributed by atoms with E-state index in [2.05, 4.69) is 35.5 Å². The molecule has 0 bridgehead atoms. The van der Waals surface area contributed by atoms with Crippen LogP contribution in [0.2, 0.25) is 5.28 Å². The largest absolute Gasteiger partial charge is 0.298 e. The molecule has 17 heavy (non-hydrogen) atoms. The maximum atomic E-state index is 6.22. The fourth-order valence-corrected chi connectivity index (χ4v) is 3.37. The molecule has 0 radical (unpaired) electrons. The molecule has 0 saturated heterocycles. The van der Waals surface area contributed by atoms with Crippen LogP contribution in [0.5, 0.6) is 0 Å². The Morgan fingerprint density at radius 3 is 2.65 bits per heavy atom. The SMILES string of the molecule is CCc1nnc(Cl)n1C1CCCCC1C(C)C. The number of nitrogens with zero attached hydrogens (tertiary/aromatic N) is 3. The summed E-state index contributed by atoms with van der Waals surface area (Å²) in [5.41, 5.74) is 0.